The fourth-order valence-corrected chi connectivity index (χ4v) is 7.39. The van der Waals surface area contributed by atoms with Crippen LogP contribution in [0.3, 0.4) is 0 Å². The molecular weight excluding hydrogens is 1110 g/mol. The van der Waals surface area contributed by atoms with Crippen molar-refractivity contribution in [3.63, 3.8) is 0 Å². The number of ether oxygens (including phenoxy) is 7. The molecule has 1 aliphatic rings. The van der Waals surface area contributed by atoms with Crippen LogP contribution in [-0.2, 0) is 68.5 Å². The third-order valence-corrected chi connectivity index (χ3v) is 11.0. The summed E-state index contributed by atoms with van der Waals surface area (Å²) in [6.45, 7) is 19.8. The quantitative estimate of drug-likeness (QED) is 0.0152. The number of carbonyl (C=O) groups is 10. The second-order valence-corrected chi connectivity index (χ2v) is 21.7. The smallest absolute Gasteiger partial charge is 0.408 e. The minimum atomic E-state index is -1.71. The summed E-state index contributed by atoms with van der Waals surface area (Å²) in [6, 6.07) is -0.689. The number of nitrogens with one attached hydrogen (secondary N) is 11. The van der Waals surface area contributed by atoms with Crippen LogP contribution in [0.4, 0.5) is 19.2 Å². The first-order valence-corrected chi connectivity index (χ1v) is 27.2. The lowest BCUT2D eigenvalue weighted by Crippen LogP contribution is -3.00. The molecule has 7 atom stereocenters. The minimum Gasteiger partial charge on any atom is -1.00 e. The maximum absolute atomic E-state index is 14.3. The first kappa shape index (κ1) is 73.6. The molecule has 0 saturated heterocycles. The first-order chi connectivity index (χ1) is 38.3. The molecule has 0 spiro atoms. The fourth-order valence-electron chi connectivity index (χ4n) is 7.39. The van der Waals surface area contributed by atoms with Gasteiger partial charge in [0, 0.05) is 51.7 Å². The normalized spacial score (nSPS) is 15.3. The number of esters is 1. The maximum Gasteiger partial charge on any atom is 0.408 e. The van der Waals surface area contributed by atoms with Gasteiger partial charge in [0.05, 0.1) is 13.2 Å². The van der Waals surface area contributed by atoms with Crippen molar-refractivity contribution in [2.24, 2.45) is 5.73 Å². The highest BCUT2D eigenvalue weighted by Crippen LogP contribution is 2.12. The molecule has 0 unspecified atom stereocenters. The number of guanidine groups is 1. The van der Waals surface area contributed by atoms with Gasteiger partial charge in [-0.25, -0.2) is 24.0 Å². The Labute approximate surface area is 491 Å². The van der Waals surface area contributed by atoms with E-state index in [0.29, 0.717) is 18.5 Å². The van der Waals surface area contributed by atoms with Gasteiger partial charge in [-0.15, -0.1) is 0 Å². The first-order valence-electron chi connectivity index (χ1n) is 27.2. The summed E-state index contributed by atoms with van der Waals surface area (Å²) in [5, 5.41) is 25.7. The zero-order valence-corrected chi connectivity index (χ0v) is 50.6. The van der Waals surface area contributed by atoms with E-state index in [1.165, 1.54) is 13.8 Å². The topological polar surface area (TPSA) is 396 Å². The van der Waals surface area contributed by atoms with Crippen molar-refractivity contribution >= 4 is 65.8 Å². The van der Waals surface area contributed by atoms with E-state index in [1.807, 2.05) is 0 Å². The molecular formula is C53H89ClN12O17. The molecule has 0 radical (unpaired) electrons. The molecule has 0 bridgehead atoms. The third kappa shape index (κ3) is 31.0. The van der Waals surface area contributed by atoms with Gasteiger partial charge < -0.3 is 93.4 Å². The van der Waals surface area contributed by atoms with Gasteiger partial charge in [-0.3, -0.25) is 40.0 Å². The minimum absolute atomic E-state index is 0. The van der Waals surface area contributed by atoms with Gasteiger partial charge in [-0.05, 0) is 108 Å². The Balaban J connectivity index is 0.0000344. The second-order valence-electron chi connectivity index (χ2n) is 21.7. The van der Waals surface area contributed by atoms with E-state index in [4.69, 9.17) is 38.9 Å². The molecule has 13 N–H and O–H groups in total. The van der Waals surface area contributed by atoms with Crippen LogP contribution in [0.25, 0.3) is 0 Å². The molecule has 83 heavy (non-hydrogen) atoms. The van der Waals surface area contributed by atoms with Gasteiger partial charge in [-0.2, -0.15) is 0 Å². The highest BCUT2D eigenvalue weighted by atomic mass is 35.5. The highest BCUT2D eigenvalue weighted by Gasteiger charge is 2.38. The summed E-state index contributed by atoms with van der Waals surface area (Å²) in [6.07, 6.45) is -4.58. The van der Waals surface area contributed by atoms with E-state index >= 15 is 0 Å². The van der Waals surface area contributed by atoms with Crippen molar-refractivity contribution in [1.82, 2.24) is 53.2 Å². The molecule has 9 amide bonds. The number of benzene rings is 1. The van der Waals surface area contributed by atoms with E-state index in [1.54, 1.807) is 106 Å². The lowest BCUT2D eigenvalue weighted by Gasteiger charge is -2.29. The van der Waals surface area contributed by atoms with Crippen LogP contribution in [0.2, 0.25) is 0 Å². The predicted molar refractivity (Wildman–Crippen MR) is 296 cm³/mol. The Bertz CT molecular complexity index is 2310. The van der Waals surface area contributed by atoms with E-state index in [-0.39, 0.29) is 70.6 Å². The standard InChI is InChI=1S/C53H88N12O17.ClH/c1-14-76-44(71)39(45(77-15-2)78-16-3)64-42(69)35(28-57-37(66)27-33(60-49(74)81-52(8,9)10)23-20-25-56-47(72)80-51(5,6)7)61-40(67)31(4)59-41(68)36(63-50(75)82-53(11,12)13)29-58-43(70)38(34-24-26-55-46(54)62-34)65-48(73)79-30-32-21-18-17-19-22-32;/h17-19,21-22,31,33-36,38-39,45H,14-16,20,23-30H2,1-13H3,(H,56,72)(H,57,66)(H,58,70)(H,59,68)(H,60,74)(H,61,67)(H,63,75)(H,64,69)(H,65,73)(H3,54,55,62);1H/t31-,33-,34+,35-,36-,38-,39-;/m0./s1. The Morgan fingerprint density at radius 3 is 1.76 bits per heavy atom. The Morgan fingerprint density at radius 1 is 0.639 bits per heavy atom. The van der Waals surface area contributed by atoms with E-state index in [9.17, 15) is 47.9 Å². The van der Waals surface area contributed by atoms with Crippen molar-refractivity contribution in [1.29, 1.82) is 0 Å². The van der Waals surface area contributed by atoms with Crippen molar-refractivity contribution in [3.8, 4) is 0 Å². The number of carbonyl (C=O) groups excluding carboxylic acids is 10. The lowest BCUT2D eigenvalue weighted by atomic mass is 10.0. The molecule has 2 rings (SSSR count). The number of nitrogens with two attached hydrogens (primary N) is 1. The number of rotatable bonds is 30. The molecule has 29 nitrogen and oxygen atoms in total. The van der Waals surface area contributed by atoms with E-state index < -0.39 is 138 Å². The van der Waals surface area contributed by atoms with Gasteiger partial charge in [0.15, 0.2) is 12.3 Å². The average Bonchev–Trinajstić information content (AvgIpc) is 3.36. The second kappa shape index (κ2) is 36.2. The van der Waals surface area contributed by atoms with Crippen LogP contribution in [0.1, 0.15) is 121 Å². The average molecular weight is 1200 g/mol. The van der Waals surface area contributed by atoms with Gasteiger partial charge in [0.25, 0.3) is 0 Å². The largest absolute Gasteiger partial charge is 1.00 e. The Morgan fingerprint density at radius 2 is 1.19 bits per heavy atom. The van der Waals surface area contributed by atoms with Crippen molar-refractivity contribution in [3.05, 3.63) is 35.9 Å². The molecule has 1 aliphatic heterocycles. The monoisotopic (exact) mass is 1200 g/mol. The Kier molecular flexibility index (Phi) is 32.1. The molecule has 1 aromatic carbocycles. The summed E-state index contributed by atoms with van der Waals surface area (Å²) in [7, 11) is 0. The lowest BCUT2D eigenvalue weighted by molar-refractivity contribution is -0.513. The van der Waals surface area contributed by atoms with Gasteiger partial charge in [-0.1, -0.05) is 30.3 Å². The van der Waals surface area contributed by atoms with Crippen LogP contribution < -0.4 is 76.3 Å². The molecule has 30 heteroatoms. The summed E-state index contributed by atoms with van der Waals surface area (Å²) in [5.74, 6) is -5.48. The molecule has 0 aromatic heterocycles. The summed E-state index contributed by atoms with van der Waals surface area (Å²) in [4.78, 5) is 138. The van der Waals surface area contributed by atoms with Crippen LogP contribution in [0, 0.1) is 0 Å². The third-order valence-electron chi connectivity index (χ3n) is 11.0. The number of hydrogen-bond donors (Lipinski definition) is 12. The molecule has 0 aliphatic carbocycles. The zero-order chi connectivity index (χ0) is 61.8. The molecule has 1 aromatic rings. The van der Waals surface area contributed by atoms with Gasteiger partial charge >= 0.3 is 36.3 Å². The fraction of sp³-hybridized carbons (Fsp3) is 0.679. The van der Waals surface area contributed by atoms with Gasteiger partial charge in [0.1, 0.15) is 53.6 Å². The number of alkyl carbamates (subject to hydrolysis) is 4. The number of amides is 9. The highest BCUT2D eigenvalue weighted by molar-refractivity contribution is 5.95. The molecule has 1 heterocycles. The van der Waals surface area contributed by atoms with E-state index in [0.717, 1.165) is 0 Å². The molecule has 0 fully saturated rings. The molecule has 0 saturated carbocycles. The van der Waals surface area contributed by atoms with Crippen LogP contribution in [0.5, 0.6) is 0 Å². The van der Waals surface area contributed by atoms with Crippen molar-refractivity contribution in [2.45, 2.75) is 188 Å². The summed E-state index contributed by atoms with van der Waals surface area (Å²) in [5.41, 5.74) is 3.95. The number of halogens is 1. The van der Waals surface area contributed by atoms with E-state index in [2.05, 4.69) is 58.2 Å². The maximum atomic E-state index is 14.3. The van der Waals surface area contributed by atoms with Crippen LogP contribution >= 0.6 is 0 Å². The van der Waals surface area contributed by atoms with Crippen LogP contribution in [-0.4, -0.2) is 177 Å². The summed E-state index contributed by atoms with van der Waals surface area (Å²) < 4.78 is 37.9. The van der Waals surface area contributed by atoms with Crippen molar-refractivity contribution < 1.29 is 98.5 Å². The van der Waals surface area contributed by atoms with Crippen molar-refractivity contribution in [2.75, 3.05) is 46.0 Å². The predicted octanol–water partition coefficient (Wildman–Crippen LogP) is -3.81. The van der Waals surface area contributed by atoms with Crippen LogP contribution in [0.15, 0.2) is 30.3 Å². The Hall–Kier alpha value is -7.40. The molecule has 470 valence electrons. The SMILES string of the molecule is CCOC(=O)[C@H](NC(=O)[C@H](CNC(=O)C[C@H](CCCNC(=O)OC(C)(C)C)NC(=O)OC(C)(C)C)NC(=O)[C@H](C)NC(=O)[C@H](CNC(=O)[C@@H](NC(=O)OCc1ccccc1)[C@H]1CCNC(N)=[NH+]1)NC(=O)OC(C)(C)C)C(OCC)OCC.[Cl-]. The number of hydrogen-bond acceptors (Lipinski definition) is 19. The summed E-state index contributed by atoms with van der Waals surface area (Å²) >= 11 is 0. The van der Waals surface area contributed by atoms with Gasteiger partial charge in [0.2, 0.25) is 29.5 Å². The zero-order valence-electron chi connectivity index (χ0n) is 49.9.